The van der Waals surface area contributed by atoms with Crippen molar-refractivity contribution in [2.45, 2.75) is 39.7 Å². The van der Waals surface area contributed by atoms with Gasteiger partial charge in [0.2, 0.25) is 0 Å². The summed E-state index contributed by atoms with van der Waals surface area (Å²) in [6.45, 7) is 7.65. The molecule has 3 nitrogen and oxygen atoms in total. The predicted molar refractivity (Wildman–Crippen MR) is 78.2 cm³/mol. The van der Waals surface area contributed by atoms with Crippen LogP contribution in [0.25, 0.3) is 0 Å². The molecular weight excluding hydrogens is 236 g/mol. The van der Waals surface area contributed by atoms with Crippen molar-refractivity contribution in [2.75, 3.05) is 13.1 Å². The summed E-state index contributed by atoms with van der Waals surface area (Å²) < 4.78 is 0. The molecule has 19 heavy (non-hydrogen) atoms. The van der Waals surface area contributed by atoms with E-state index in [1.807, 2.05) is 36.9 Å². The number of nitrogens with two attached hydrogens (primary N) is 1. The van der Waals surface area contributed by atoms with Gasteiger partial charge >= 0.3 is 0 Å². The zero-order chi connectivity index (χ0) is 14.0. The highest BCUT2D eigenvalue weighted by atomic mass is 16.2. The molecule has 2 N–H and O–H groups in total. The van der Waals surface area contributed by atoms with E-state index in [4.69, 9.17) is 5.73 Å². The molecule has 1 amide bonds. The fourth-order valence-electron chi connectivity index (χ4n) is 3.00. The van der Waals surface area contributed by atoms with Crippen molar-refractivity contribution in [1.82, 2.24) is 4.90 Å². The number of likely N-dealkylation sites (tertiary alicyclic amines) is 1. The highest BCUT2D eigenvalue weighted by molar-refractivity contribution is 5.96. The van der Waals surface area contributed by atoms with Gasteiger partial charge in [0.05, 0.1) is 0 Å². The van der Waals surface area contributed by atoms with Gasteiger partial charge in [-0.3, -0.25) is 4.79 Å². The van der Waals surface area contributed by atoms with Crippen LogP contribution in [0.2, 0.25) is 0 Å². The van der Waals surface area contributed by atoms with Gasteiger partial charge in [-0.05, 0) is 49.8 Å². The van der Waals surface area contributed by atoms with Crippen LogP contribution in [-0.4, -0.2) is 29.9 Å². The molecule has 0 spiro atoms. The fourth-order valence-corrected chi connectivity index (χ4v) is 3.00. The average Bonchev–Trinajstić information content (AvgIpc) is 2.41. The molecule has 0 aromatic heterocycles. The van der Waals surface area contributed by atoms with Crippen molar-refractivity contribution in [1.29, 1.82) is 0 Å². The Morgan fingerprint density at radius 2 is 2.16 bits per heavy atom. The number of piperidine rings is 1. The Balaban J connectivity index is 2.29. The van der Waals surface area contributed by atoms with Crippen LogP contribution >= 0.6 is 0 Å². The van der Waals surface area contributed by atoms with Crippen LogP contribution in [0.4, 0.5) is 0 Å². The summed E-state index contributed by atoms with van der Waals surface area (Å²) in [5.41, 5.74) is 8.95. The second-order valence-electron chi connectivity index (χ2n) is 5.67. The van der Waals surface area contributed by atoms with Crippen LogP contribution in [0.3, 0.4) is 0 Å². The molecule has 1 saturated heterocycles. The summed E-state index contributed by atoms with van der Waals surface area (Å²) in [6.07, 6.45) is 2.24. The van der Waals surface area contributed by atoms with E-state index in [9.17, 15) is 4.79 Å². The quantitative estimate of drug-likeness (QED) is 0.888. The monoisotopic (exact) mass is 260 g/mol. The van der Waals surface area contributed by atoms with E-state index in [1.165, 1.54) is 12.0 Å². The minimum Gasteiger partial charge on any atom is -0.334 e. The molecule has 0 saturated carbocycles. The summed E-state index contributed by atoms with van der Waals surface area (Å²) in [4.78, 5) is 14.7. The number of aryl methyl sites for hydroxylation is 1. The van der Waals surface area contributed by atoms with Gasteiger partial charge in [0, 0.05) is 24.7 Å². The van der Waals surface area contributed by atoms with Crippen molar-refractivity contribution < 1.29 is 4.79 Å². The van der Waals surface area contributed by atoms with Crippen molar-refractivity contribution in [3.05, 3.63) is 34.9 Å². The van der Waals surface area contributed by atoms with Crippen molar-refractivity contribution in [3.8, 4) is 0 Å². The van der Waals surface area contributed by atoms with E-state index in [1.54, 1.807) is 0 Å². The number of amides is 1. The summed E-state index contributed by atoms with van der Waals surface area (Å²) >= 11 is 0. The van der Waals surface area contributed by atoms with Crippen LogP contribution < -0.4 is 5.73 Å². The third-order valence-corrected chi connectivity index (χ3v) is 4.45. The highest BCUT2D eigenvalue weighted by Gasteiger charge is 2.31. The van der Waals surface area contributed by atoms with Gasteiger partial charge in [-0.15, -0.1) is 0 Å². The minimum absolute atomic E-state index is 0.142. The largest absolute Gasteiger partial charge is 0.334 e. The Hall–Kier alpha value is -1.35. The third-order valence-electron chi connectivity index (χ3n) is 4.45. The van der Waals surface area contributed by atoms with Gasteiger partial charge in [0.1, 0.15) is 0 Å². The van der Waals surface area contributed by atoms with Crippen molar-refractivity contribution in [3.63, 3.8) is 0 Å². The lowest BCUT2D eigenvalue weighted by Crippen LogP contribution is -2.51. The van der Waals surface area contributed by atoms with Crippen LogP contribution in [0.1, 0.15) is 41.3 Å². The van der Waals surface area contributed by atoms with Crippen molar-refractivity contribution in [2.24, 2.45) is 11.7 Å². The van der Waals surface area contributed by atoms with Crippen LogP contribution in [-0.2, 0) is 0 Å². The van der Waals surface area contributed by atoms with E-state index < -0.39 is 0 Å². The molecule has 1 aromatic carbocycles. The second kappa shape index (κ2) is 5.74. The number of benzene rings is 1. The Morgan fingerprint density at radius 1 is 1.42 bits per heavy atom. The molecule has 1 aliphatic heterocycles. The first kappa shape index (κ1) is 14.1. The maximum absolute atomic E-state index is 12.8. The zero-order valence-electron chi connectivity index (χ0n) is 12.1. The smallest absolute Gasteiger partial charge is 0.254 e. The van der Waals surface area contributed by atoms with Crippen LogP contribution in [0.5, 0.6) is 0 Å². The first-order chi connectivity index (χ1) is 9.06. The molecule has 3 heteroatoms. The lowest BCUT2D eigenvalue weighted by atomic mass is 9.89. The van der Waals surface area contributed by atoms with Gasteiger partial charge in [0.15, 0.2) is 0 Å². The average molecular weight is 260 g/mol. The van der Waals surface area contributed by atoms with E-state index >= 15 is 0 Å². The first-order valence-electron chi connectivity index (χ1n) is 7.13. The molecule has 0 aliphatic carbocycles. The van der Waals surface area contributed by atoms with Crippen LogP contribution in [0, 0.1) is 19.8 Å². The van der Waals surface area contributed by atoms with E-state index in [2.05, 4.69) is 6.92 Å². The summed E-state index contributed by atoms with van der Waals surface area (Å²) in [5, 5.41) is 0. The molecule has 0 radical (unpaired) electrons. The maximum atomic E-state index is 12.8. The molecular formula is C16H24N2O. The molecule has 2 atom stereocenters. The Labute approximate surface area is 115 Å². The Morgan fingerprint density at radius 3 is 2.84 bits per heavy atom. The maximum Gasteiger partial charge on any atom is 0.254 e. The number of hydrogen-bond donors (Lipinski definition) is 1. The molecule has 0 bridgehead atoms. The Kier molecular flexibility index (Phi) is 4.25. The molecule has 1 fully saturated rings. The third kappa shape index (κ3) is 2.66. The van der Waals surface area contributed by atoms with Gasteiger partial charge in [-0.2, -0.15) is 0 Å². The molecule has 1 aromatic rings. The second-order valence-corrected chi connectivity index (χ2v) is 5.67. The summed E-state index contributed by atoms with van der Waals surface area (Å²) in [7, 11) is 0. The number of hydrogen-bond acceptors (Lipinski definition) is 2. The molecule has 1 heterocycles. The number of rotatable bonds is 2. The van der Waals surface area contributed by atoms with Gasteiger partial charge in [-0.1, -0.05) is 19.1 Å². The summed E-state index contributed by atoms with van der Waals surface area (Å²) in [6, 6.07) is 6.12. The summed E-state index contributed by atoms with van der Waals surface area (Å²) in [5.74, 6) is 0.635. The predicted octanol–water partition coefficient (Wildman–Crippen LogP) is 2.50. The fraction of sp³-hybridized carbons (Fsp3) is 0.562. The lowest BCUT2D eigenvalue weighted by molar-refractivity contribution is 0.0531. The van der Waals surface area contributed by atoms with Crippen LogP contribution in [0.15, 0.2) is 18.2 Å². The van der Waals surface area contributed by atoms with E-state index in [0.29, 0.717) is 12.5 Å². The minimum atomic E-state index is 0.142. The molecule has 1 aliphatic rings. The topological polar surface area (TPSA) is 46.3 Å². The van der Waals surface area contributed by atoms with Crippen molar-refractivity contribution >= 4 is 5.91 Å². The molecule has 2 rings (SSSR count). The number of carbonyl (C=O) groups is 1. The number of carbonyl (C=O) groups excluding carboxylic acids is 1. The zero-order valence-corrected chi connectivity index (χ0v) is 12.1. The lowest BCUT2D eigenvalue weighted by Gasteiger charge is -2.39. The molecule has 0 unspecified atom stereocenters. The van der Waals surface area contributed by atoms with Gasteiger partial charge in [0.25, 0.3) is 5.91 Å². The highest BCUT2D eigenvalue weighted by Crippen LogP contribution is 2.25. The van der Waals surface area contributed by atoms with E-state index in [0.717, 1.165) is 24.1 Å². The normalized spacial score (nSPS) is 23.5. The SMILES string of the molecule is Cc1cccc(C(=O)N2CCC[C@@H](C)[C@H]2CN)c1C. The van der Waals surface area contributed by atoms with Gasteiger partial charge in [-0.25, -0.2) is 0 Å². The Bertz CT molecular complexity index is 470. The first-order valence-corrected chi connectivity index (χ1v) is 7.13. The number of nitrogens with zero attached hydrogens (tertiary/aromatic N) is 1. The standard InChI is InChI=1S/C16H24N2O/c1-11-6-4-8-14(13(11)3)16(19)18-9-5-7-12(2)15(18)10-17/h4,6,8,12,15H,5,7,9-10,17H2,1-3H3/t12-,15-/m1/s1. The van der Waals surface area contributed by atoms with E-state index in [-0.39, 0.29) is 11.9 Å². The molecule has 104 valence electrons. The van der Waals surface area contributed by atoms with Gasteiger partial charge < -0.3 is 10.6 Å².